The number of rotatable bonds is 3. The second-order valence-corrected chi connectivity index (χ2v) is 2.86. The Bertz CT molecular complexity index is 352. The molecule has 0 bridgehead atoms. The van der Waals surface area contributed by atoms with Crippen molar-refractivity contribution < 1.29 is 4.39 Å². The van der Waals surface area contributed by atoms with Crippen LogP contribution in [0.3, 0.4) is 0 Å². The van der Waals surface area contributed by atoms with Crippen LogP contribution in [0.5, 0.6) is 0 Å². The number of nitrogens with zero attached hydrogens (tertiary/aromatic N) is 1. The lowest BCUT2D eigenvalue weighted by Crippen LogP contribution is -2.12. The maximum Gasteiger partial charge on any atom is 0.123 e. The van der Waals surface area contributed by atoms with Gasteiger partial charge in [-0.25, -0.2) is 4.39 Å². The van der Waals surface area contributed by atoms with E-state index in [4.69, 9.17) is 5.73 Å². The Balaban J connectivity index is 3.06. The highest BCUT2D eigenvalue weighted by Gasteiger charge is 2.04. The molecule has 3 heteroatoms. The van der Waals surface area contributed by atoms with E-state index in [1.165, 1.54) is 12.1 Å². The molecule has 0 heterocycles. The van der Waals surface area contributed by atoms with Crippen molar-refractivity contribution >= 4 is 5.71 Å². The summed E-state index contributed by atoms with van der Waals surface area (Å²) in [7, 11) is 0. The third-order valence-electron chi connectivity index (χ3n) is 1.74. The van der Waals surface area contributed by atoms with Crippen LogP contribution in [0.15, 0.2) is 41.5 Å². The topological polar surface area (TPSA) is 38.4 Å². The smallest absolute Gasteiger partial charge is 0.123 e. The van der Waals surface area contributed by atoms with E-state index in [1.807, 2.05) is 6.92 Å². The first kappa shape index (κ1) is 10.4. The monoisotopic (exact) mass is 192 g/mol. The third kappa shape index (κ3) is 2.42. The molecule has 0 atom stereocenters. The van der Waals surface area contributed by atoms with Crippen molar-refractivity contribution in [3.05, 3.63) is 47.9 Å². The maximum atomic E-state index is 12.6. The number of allylic oxidation sites excluding steroid dienone is 1. The van der Waals surface area contributed by atoms with Crippen LogP contribution in [0.2, 0.25) is 0 Å². The Kier molecular flexibility index (Phi) is 3.40. The van der Waals surface area contributed by atoms with Gasteiger partial charge in [-0.3, -0.25) is 4.99 Å². The highest BCUT2D eigenvalue weighted by atomic mass is 19.1. The standard InChI is InChI=1S/C11H13FN2/c1-3-14-11(8(2)13)9-4-6-10(12)7-5-9/h4-7H,2-3,13H2,1H3. The molecular formula is C11H13FN2. The van der Waals surface area contributed by atoms with Gasteiger partial charge in [0, 0.05) is 12.1 Å². The van der Waals surface area contributed by atoms with Gasteiger partial charge in [-0.1, -0.05) is 6.58 Å². The number of hydrogen-bond donors (Lipinski definition) is 1. The molecule has 1 rings (SSSR count). The first-order valence-corrected chi connectivity index (χ1v) is 4.40. The fourth-order valence-electron chi connectivity index (χ4n) is 1.14. The Morgan fingerprint density at radius 3 is 2.43 bits per heavy atom. The first-order chi connectivity index (χ1) is 6.65. The highest BCUT2D eigenvalue weighted by molar-refractivity contribution is 6.11. The van der Waals surface area contributed by atoms with Crippen LogP contribution in [-0.2, 0) is 0 Å². The number of nitrogens with two attached hydrogens (primary N) is 1. The molecule has 0 aromatic heterocycles. The normalized spacial score (nSPS) is 11.4. The first-order valence-electron chi connectivity index (χ1n) is 4.40. The molecule has 74 valence electrons. The Labute approximate surface area is 83.0 Å². The van der Waals surface area contributed by atoms with E-state index in [1.54, 1.807) is 12.1 Å². The third-order valence-corrected chi connectivity index (χ3v) is 1.74. The quantitative estimate of drug-likeness (QED) is 0.732. The van der Waals surface area contributed by atoms with Crippen molar-refractivity contribution in [2.45, 2.75) is 6.92 Å². The molecule has 14 heavy (non-hydrogen) atoms. The Morgan fingerprint density at radius 2 is 2.00 bits per heavy atom. The molecule has 0 aliphatic rings. The summed E-state index contributed by atoms with van der Waals surface area (Å²) >= 11 is 0. The molecule has 0 saturated carbocycles. The fourth-order valence-corrected chi connectivity index (χ4v) is 1.14. The van der Waals surface area contributed by atoms with E-state index in [0.717, 1.165) is 5.56 Å². The summed E-state index contributed by atoms with van der Waals surface area (Å²) in [4.78, 5) is 4.19. The summed E-state index contributed by atoms with van der Waals surface area (Å²) in [5.74, 6) is -0.271. The van der Waals surface area contributed by atoms with Gasteiger partial charge in [-0.15, -0.1) is 0 Å². The predicted octanol–water partition coefficient (Wildman–Crippen LogP) is 2.11. The summed E-state index contributed by atoms with van der Waals surface area (Å²) in [6.07, 6.45) is 0. The molecule has 0 amide bonds. The maximum absolute atomic E-state index is 12.6. The molecule has 2 N–H and O–H groups in total. The van der Waals surface area contributed by atoms with E-state index in [9.17, 15) is 4.39 Å². The number of hydrogen-bond acceptors (Lipinski definition) is 2. The van der Waals surface area contributed by atoms with Gasteiger partial charge in [-0.05, 0) is 31.2 Å². The molecule has 2 nitrogen and oxygen atoms in total. The van der Waals surface area contributed by atoms with E-state index >= 15 is 0 Å². The SMILES string of the molecule is C=C(N)C(=NCC)c1ccc(F)cc1. The minimum Gasteiger partial charge on any atom is -0.397 e. The van der Waals surface area contributed by atoms with E-state index in [-0.39, 0.29) is 5.82 Å². The lowest BCUT2D eigenvalue weighted by atomic mass is 10.1. The molecule has 1 aromatic carbocycles. The van der Waals surface area contributed by atoms with E-state index in [0.29, 0.717) is 18.0 Å². The van der Waals surface area contributed by atoms with Gasteiger partial charge in [0.1, 0.15) is 5.82 Å². The minimum atomic E-state index is -0.271. The predicted molar refractivity (Wildman–Crippen MR) is 56.8 cm³/mol. The molecule has 0 spiro atoms. The molecule has 0 aliphatic carbocycles. The molecule has 0 unspecified atom stereocenters. The molecule has 0 aliphatic heterocycles. The Hall–Kier alpha value is -1.64. The van der Waals surface area contributed by atoms with Crippen LogP contribution in [-0.4, -0.2) is 12.3 Å². The number of benzene rings is 1. The fraction of sp³-hybridized carbons (Fsp3) is 0.182. The lowest BCUT2D eigenvalue weighted by molar-refractivity contribution is 0.628. The van der Waals surface area contributed by atoms with Crippen molar-refractivity contribution in [2.75, 3.05) is 6.54 Å². The zero-order valence-electron chi connectivity index (χ0n) is 8.13. The van der Waals surface area contributed by atoms with Crippen LogP contribution in [0.1, 0.15) is 12.5 Å². The number of halogens is 1. The summed E-state index contributed by atoms with van der Waals surface area (Å²) in [5.41, 5.74) is 7.40. The van der Waals surface area contributed by atoms with Crippen molar-refractivity contribution in [3.63, 3.8) is 0 Å². The summed E-state index contributed by atoms with van der Waals surface area (Å²) < 4.78 is 12.6. The van der Waals surface area contributed by atoms with Crippen molar-refractivity contribution in [3.8, 4) is 0 Å². The Morgan fingerprint density at radius 1 is 1.43 bits per heavy atom. The molecule has 0 saturated heterocycles. The van der Waals surface area contributed by atoms with Crippen molar-refractivity contribution in [1.82, 2.24) is 0 Å². The van der Waals surface area contributed by atoms with E-state index in [2.05, 4.69) is 11.6 Å². The number of aliphatic imine (C=N–C) groups is 1. The second-order valence-electron chi connectivity index (χ2n) is 2.86. The van der Waals surface area contributed by atoms with Crippen molar-refractivity contribution in [1.29, 1.82) is 0 Å². The highest BCUT2D eigenvalue weighted by Crippen LogP contribution is 2.07. The van der Waals surface area contributed by atoms with Gasteiger partial charge in [0.25, 0.3) is 0 Å². The summed E-state index contributed by atoms with van der Waals surface area (Å²) in [6, 6.07) is 6.04. The largest absolute Gasteiger partial charge is 0.397 e. The van der Waals surface area contributed by atoms with Gasteiger partial charge in [0.2, 0.25) is 0 Å². The van der Waals surface area contributed by atoms with Crippen molar-refractivity contribution in [2.24, 2.45) is 10.7 Å². The zero-order valence-corrected chi connectivity index (χ0v) is 8.13. The van der Waals surface area contributed by atoms with Crippen LogP contribution < -0.4 is 5.73 Å². The zero-order chi connectivity index (χ0) is 10.6. The van der Waals surface area contributed by atoms with Crippen LogP contribution in [0, 0.1) is 5.82 Å². The van der Waals surface area contributed by atoms with Gasteiger partial charge in [0.15, 0.2) is 0 Å². The lowest BCUT2D eigenvalue weighted by Gasteiger charge is -2.05. The summed E-state index contributed by atoms with van der Waals surface area (Å²) in [6.45, 7) is 6.16. The van der Waals surface area contributed by atoms with Gasteiger partial charge < -0.3 is 5.73 Å². The van der Waals surface area contributed by atoms with Gasteiger partial charge in [-0.2, -0.15) is 0 Å². The van der Waals surface area contributed by atoms with Gasteiger partial charge in [0.05, 0.1) is 11.4 Å². The van der Waals surface area contributed by atoms with Crippen LogP contribution in [0.25, 0.3) is 0 Å². The van der Waals surface area contributed by atoms with Crippen LogP contribution in [0.4, 0.5) is 4.39 Å². The molecule has 0 fully saturated rings. The average Bonchev–Trinajstić information content (AvgIpc) is 2.15. The second kappa shape index (κ2) is 4.56. The minimum absolute atomic E-state index is 0.271. The molecule has 0 radical (unpaired) electrons. The average molecular weight is 192 g/mol. The van der Waals surface area contributed by atoms with E-state index < -0.39 is 0 Å². The molecular weight excluding hydrogens is 179 g/mol. The molecule has 1 aromatic rings. The van der Waals surface area contributed by atoms with Gasteiger partial charge >= 0.3 is 0 Å². The van der Waals surface area contributed by atoms with Crippen LogP contribution >= 0.6 is 0 Å². The summed E-state index contributed by atoms with van der Waals surface area (Å²) in [5, 5.41) is 0.